The Balaban J connectivity index is 1.51. The Labute approximate surface area is 187 Å². The van der Waals surface area contributed by atoms with Gasteiger partial charge in [-0.25, -0.2) is 0 Å². The Morgan fingerprint density at radius 2 is 1.38 bits per heavy atom. The highest BCUT2D eigenvalue weighted by Crippen LogP contribution is 2.32. The topological polar surface area (TPSA) is 73.0 Å². The lowest BCUT2D eigenvalue weighted by Crippen LogP contribution is -2.54. The summed E-state index contributed by atoms with van der Waals surface area (Å²) in [5.41, 5.74) is 0.397. The molecule has 2 heterocycles. The lowest BCUT2D eigenvalue weighted by molar-refractivity contribution is -0.117. The van der Waals surface area contributed by atoms with Crippen LogP contribution in [0.1, 0.15) is 25.7 Å². The fraction of sp³-hybridized carbons (Fsp3) is 0.611. The number of piperazine rings is 1. The maximum absolute atomic E-state index is 12.9. The second-order valence-corrected chi connectivity index (χ2v) is 10.4. The van der Waals surface area contributed by atoms with E-state index in [-0.39, 0.29) is 12.5 Å². The predicted molar refractivity (Wildman–Crippen MR) is 117 cm³/mol. The van der Waals surface area contributed by atoms with Crippen molar-refractivity contribution in [1.82, 2.24) is 13.5 Å². The van der Waals surface area contributed by atoms with Gasteiger partial charge in [-0.15, -0.1) is 0 Å². The Hall–Kier alpha value is -0.610. The van der Waals surface area contributed by atoms with E-state index in [9.17, 15) is 13.2 Å². The van der Waals surface area contributed by atoms with Crippen molar-refractivity contribution in [2.24, 2.45) is 0 Å². The van der Waals surface area contributed by atoms with Gasteiger partial charge in [-0.05, 0) is 25.0 Å². The molecule has 162 valence electrons. The quantitative estimate of drug-likeness (QED) is 0.652. The van der Waals surface area contributed by atoms with Gasteiger partial charge in [-0.3, -0.25) is 9.69 Å². The monoisotopic (exact) mass is 482 g/mol. The number of hydrogen-bond donors (Lipinski definition) is 1. The summed E-state index contributed by atoms with van der Waals surface area (Å²) in [7, 11) is -3.43. The first-order valence-electron chi connectivity index (χ1n) is 9.69. The number of nitrogens with one attached hydrogen (secondary N) is 1. The third-order valence-electron chi connectivity index (χ3n) is 5.20. The van der Waals surface area contributed by atoms with E-state index in [0.29, 0.717) is 60.0 Å². The van der Waals surface area contributed by atoms with Crippen molar-refractivity contribution in [3.8, 4) is 0 Å². The molecule has 0 atom stereocenters. The minimum atomic E-state index is -3.43. The van der Waals surface area contributed by atoms with Crippen molar-refractivity contribution in [1.29, 1.82) is 0 Å². The Morgan fingerprint density at radius 1 is 0.828 bits per heavy atom. The number of carbonyl (C=O) groups is 1. The maximum atomic E-state index is 12.9. The molecule has 2 aliphatic rings. The predicted octanol–water partition coefficient (Wildman–Crippen LogP) is 3.32. The zero-order chi connectivity index (χ0) is 21.0. The molecule has 1 N–H and O–H groups in total. The molecule has 11 heteroatoms. The molecule has 0 spiro atoms. The largest absolute Gasteiger partial charge is 0.324 e. The highest BCUT2D eigenvalue weighted by atomic mass is 35.5. The van der Waals surface area contributed by atoms with E-state index >= 15 is 0 Å². The molecule has 2 fully saturated rings. The van der Waals surface area contributed by atoms with Gasteiger partial charge in [0.1, 0.15) is 0 Å². The van der Waals surface area contributed by atoms with Crippen LogP contribution in [0.25, 0.3) is 0 Å². The maximum Gasteiger partial charge on any atom is 0.282 e. The van der Waals surface area contributed by atoms with Gasteiger partial charge >= 0.3 is 0 Å². The van der Waals surface area contributed by atoms with Gasteiger partial charge in [-0.2, -0.15) is 17.0 Å². The van der Waals surface area contributed by atoms with E-state index in [1.54, 1.807) is 4.31 Å². The lowest BCUT2D eigenvalue weighted by atomic mass is 10.2. The van der Waals surface area contributed by atoms with Gasteiger partial charge in [0.15, 0.2) is 0 Å². The van der Waals surface area contributed by atoms with Crippen LogP contribution >= 0.6 is 34.8 Å². The number of anilines is 1. The van der Waals surface area contributed by atoms with Crippen molar-refractivity contribution >= 4 is 56.6 Å². The van der Waals surface area contributed by atoms with Crippen molar-refractivity contribution in [2.45, 2.75) is 25.7 Å². The number of benzene rings is 1. The minimum absolute atomic E-state index is 0.147. The van der Waals surface area contributed by atoms with Crippen LogP contribution in [-0.2, 0) is 15.0 Å². The molecular weight excluding hydrogens is 459 g/mol. The summed E-state index contributed by atoms with van der Waals surface area (Å²) < 4.78 is 28.9. The van der Waals surface area contributed by atoms with Crippen molar-refractivity contribution in [3.63, 3.8) is 0 Å². The molecular formula is C18H25Cl3N4O3S. The summed E-state index contributed by atoms with van der Waals surface area (Å²) in [6.45, 7) is 3.07. The molecule has 2 saturated heterocycles. The normalized spacial score (nSPS) is 20.4. The summed E-state index contributed by atoms with van der Waals surface area (Å²) >= 11 is 18.0. The SMILES string of the molecule is O=C(CN1CCN(S(=O)(=O)N2CCCCCC2)CC1)Nc1cc(Cl)c(Cl)cc1Cl. The Bertz CT molecular complexity index is 837. The molecule has 0 radical (unpaired) electrons. The standard InChI is InChI=1S/C18H25Cl3N4O3S/c19-14-11-16(21)17(12-15(14)20)22-18(26)13-23-7-9-25(10-8-23)29(27,28)24-5-3-1-2-4-6-24/h11-12H,1-10,13H2,(H,22,26). The van der Waals surface area contributed by atoms with Crippen molar-refractivity contribution < 1.29 is 13.2 Å². The van der Waals surface area contributed by atoms with E-state index in [2.05, 4.69) is 5.32 Å². The molecule has 7 nitrogen and oxygen atoms in total. The van der Waals surface area contributed by atoms with E-state index in [0.717, 1.165) is 25.7 Å². The zero-order valence-corrected chi connectivity index (χ0v) is 19.1. The average Bonchev–Trinajstić information content (AvgIpc) is 2.96. The van der Waals surface area contributed by atoms with Gasteiger partial charge in [-0.1, -0.05) is 47.6 Å². The molecule has 29 heavy (non-hydrogen) atoms. The van der Waals surface area contributed by atoms with Gasteiger partial charge < -0.3 is 5.32 Å². The number of nitrogens with zero attached hydrogens (tertiary/aromatic N) is 3. The molecule has 0 aromatic heterocycles. The van der Waals surface area contributed by atoms with E-state index in [4.69, 9.17) is 34.8 Å². The fourth-order valence-corrected chi connectivity index (χ4v) is 5.83. The van der Waals surface area contributed by atoms with Crippen LogP contribution in [0.3, 0.4) is 0 Å². The molecule has 0 saturated carbocycles. The number of amides is 1. The van der Waals surface area contributed by atoms with Crippen LogP contribution in [0, 0.1) is 0 Å². The summed E-state index contributed by atoms with van der Waals surface area (Å²) in [6, 6.07) is 2.99. The number of carbonyl (C=O) groups excluding carboxylic acids is 1. The molecule has 3 rings (SSSR count). The second kappa shape index (κ2) is 10.1. The van der Waals surface area contributed by atoms with E-state index in [1.807, 2.05) is 4.90 Å². The molecule has 1 amide bonds. The van der Waals surface area contributed by atoms with Crippen LogP contribution in [0.4, 0.5) is 5.69 Å². The number of rotatable bonds is 5. The average molecular weight is 484 g/mol. The van der Waals surface area contributed by atoms with Crippen LogP contribution in [0.5, 0.6) is 0 Å². The fourth-order valence-electron chi connectivity index (χ4n) is 3.57. The smallest absolute Gasteiger partial charge is 0.282 e. The third-order valence-corrected chi connectivity index (χ3v) is 8.27. The minimum Gasteiger partial charge on any atom is -0.324 e. The first kappa shape index (κ1) is 23.1. The summed E-state index contributed by atoms with van der Waals surface area (Å²) in [5, 5.41) is 3.66. The number of halogens is 3. The summed E-state index contributed by atoms with van der Waals surface area (Å²) in [4.78, 5) is 14.3. The second-order valence-electron chi connectivity index (χ2n) is 7.29. The Kier molecular flexibility index (Phi) is 8.06. The first-order valence-corrected chi connectivity index (χ1v) is 12.2. The van der Waals surface area contributed by atoms with Crippen molar-refractivity contribution in [2.75, 3.05) is 51.1 Å². The molecule has 1 aromatic carbocycles. The summed E-state index contributed by atoms with van der Waals surface area (Å²) in [6.07, 6.45) is 3.99. The van der Waals surface area contributed by atoms with E-state index in [1.165, 1.54) is 16.4 Å². The lowest BCUT2D eigenvalue weighted by Gasteiger charge is -2.36. The van der Waals surface area contributed by atoms with E-state index < -0.39 is 10.2 Å². The van der Waals surface area contributed by atoms with Crippen LogP contribution in [0.2, 0.25) is 15.1 Å². The van der Waals surface area contributed by atoms with Gasteiger partial charge in [0.25, 0.3) is 10.2 Å². The van der Waals surface area contributed by atoms with Crippen LogP contribution in [0.15, 0.2) is 12.1 Å². The zero-order valence-electron chi connectivity index (χ0n) is 16.0. The first-order chi connectivity index (χ1) is 13.8. The third kappa shape index (κ3) is 5.97. The summed E-state index contributed by atoms with van der Waals surface area (Å²) in [5.74, 6) is -0.242. The molecule has 1 aromatic rings. The Morgan fingerprint density at radius 3 is 2.00 bits per heavy atom. The number of hydrogen-bond acceptors (Lipinski definition) is 4. The van der Waals surface area contributed by atoms with Crippen LogP contribution in [-0.4, -0.2) is 73.6 Å². The molecule has 0 unspecified atom stereocenters. The van der Waals surface area contributed by atoms with Crippen LogP contribution < -0.4 is 5.32 Å². The molecule has 2 aliphatic heterocycles. The van der Waals surface area contributed by atoms with Gasteiger partial charge in [0, 0.05) is 39.3 Å². The van der Waals surface area contributed by atoms with Crippen molar-refractivity contribution in [3.05, 3.63) is 27.2 Å². The highest BCUT2D eigenvalue weighted by molar-refractivity contribution is 7.86. The molecule has 0 bridgehead atoms. The molecule has 0 aliphatic carbocycles. The van der Waals surface area contributed by atoms with Gasteiger partial charge in [0.2, 0.25) is 5.91 Å². The van der Waals surface area contributed by atoms with Gasteiger partial charge in [0.05, 0.1) is 27.3 Å². The highest BCUT2D eigenvalue weighted by Gasteiger charge is 2.32.